The Morgan fingerprint density at radius 1 is 1.19 bits per heavy atom. The number of nitrogens with two attached hydrogens (primary N) is 1. The van der Waals surface area contributed by atoms with Crippen molar-refractivity contribution in [3.63, 3.8) is 0 Å². The maximum Gasteiger partial charge on any atom is 0.276 e. The standard InChI is InChI=1S/C9H10N4O3/c1-3-6(10)4-5(9(11-3)16-2)8(15)13-12-7(4)14/h10H2,1-2H3,(H,12,14)(H,13,15). The molecule has 7 nitrogen and oxygen atoms in total. The van der Waals surface area contributed by atoms with Crippen molar-refractivity contribution in [1.82, 2.24) is 15.2 Å². The second-order valence-corrected chi connectivity index (χ2v) is 3.28. The third kappa shape index (κ3) is 1.25. The maximum absolute atomic E-state index is 11.6. The van der Waals surface area contributed by atoms with Gasteiger partial charge >= 0.3 is 0 Å². The number of nitrogens with one attached hydrogen (secondary N) is 2. The second kappa shape index (κ2) is 3.37. The number of rotatable bonds is 1. The number of nitrogen functional groups attached to an aromatic ring is 1. The van der Waals surface area contributed by atoms with E-state index in [0.717, 1.165) is 0 Å². The van der Waals surface area contributed by atoms with Gasteiger partial charge < -0.3 is 10.5 Å². The van der Waals surface area contributed by atoms with Crippen LogP contribution in [-0.2, 0) is 0 Å². The Kier molecular flexibility index (Phi) is 2.15. The van der Waals surface area contributed by atoms with Crippen LogP contribution in [0.5, 0.6) is 5.88 Å². The van der Waals surface area contributed by atoms with Gasteiger partial charge in [0.25, 0.3) is 11.1 Å². The van der Waals surface area contributed by atoms with Gasteiger partial charge in [-0.15, -0.1) is 0 Å². The van der Waals surface area contributed by atoms with Gasteiger partial charge in [-0.2, -0.15) is 0 Å². The van der Waals surface area contributed by atoms with Crippen LogP contribution in [0.15, 0.2) is 9.59 Å². The van der Waals surface area contributed by atoms with E-state index in [2.05, 4.69) is 15.2 Å². The molecule has 0 amide bonds. The van der Waals surface area contributed by atoms with Gasteiger partial charge in [-0.3, -0.25) is 19.8 Å². The molecule has 0 aliphatic rings. The van der Waals surface area contributed by atoms with Crippen LogP contribution >= 0.6 is 0 Å². The highest BCUT2D eigenvalue weighted by atomic mass is 16.5. The SMILES string of the molecule is COc1nc(C)c(N)c2c(=O)[nH][nH]c(=O)c12. The minimum Gasteiger partial charge on any atom is -0.480 e. The number of anilines is 1. The van der Waals surface area contributed by atoms with E-state index in [1.54, 1.807) is 6.92 Å². The van der Waals surface area contributed by atoms with Gasteiger partial charge in [-0.05, 0) is 6.92 Å². The lowest BCUT2D eigenvalue weighted by molar-refractivity contribution is 0.402. The van der Waals surface area contributed by atoms with Gasteiger partial charge in [0, 0.05) is 0 Å². The van der Waals surface area contributed by atoms with Crippen molar-refractivity contribution in [3.8, 4) is 5.88 Å². The summed E-state index contributed by atoms with van der Waals surface area (Å²) < 4.78 is 4.96. The number of fused-ring (bicyclic) bond motifs is 1. The highest BCUT2D eigenvalue weighted by Crippen LogP contribution is 2.24. The van der Waals surface area contributed by atoms with Crippen LogP contribution in [-0.4, -0.2) is 22.3 Å². The van der Waals surface area contributed by atoms with Crippen LogP contribution in [0.1, 0.15) is 5.69 Å². The molecule has 7 heteroatoms. The van der Waals surface area contributed by atoms with Gasteiger partial charge in [0.15, 0.2) is 0 Å². The molecular formula is C9H10N4O3. The van der Waals surface area contributed by atoms with Crippen LogP contribution in [0, 0.1) is 6.92 Å². The Morgan fingerprint density at radius 3 is 2.31 bits per heavy atom. The predicted octanol–water partition coefficient (Wildman–Crippen LogP) is -0.489. The molecule has 0 unspecified atom stereocenters. The average Bonchev–Trinajstić information content (AvgIpc) is 2.27. The molecule has 4 N–H and O–H groups in total. The van der Waals surface area contributed by atoms with Crippen LogP contribution in [0.4, 0.5) is 5.69 Å². The summed E-state index contributed by atoms with van der Waals surface area (Å²) in [6.45, 7) is 1.64. The summed E-state index contributed by atoms with van der Waals surface area (Å²) in [4.78, 5) is 27.2. The quantitative estimate of drug-likeness (QED) is 0.602. The third-order valence-electron chi connectivity index (χ3n) is 2.33. The number of pyridine rings is 1. The van der Waals surface area contributed by atoms with E-state index in [-0.39, 0.29) is 22.3 Å². The number of aryl methyl sites for hydroxylation is 1. The topological polar surface area (TPSA) is 114 Å². The molecule has 0 bridgehead atoms. The summed E-state index contributed by atoms with van der Waals surface area (Å²) in [5, 5.41) is 4.57. The van der Waals surface area contributed by atoms with Crippen molar-refractivity contribution in [2.24, 2.45) is 0 Å². The molecule has 16 heavy (non-hydrogen) atoms. The Balaban J connectivity index is 3.17. The first kappa shape index (κ1) is 10.2. The van der Waals surface area contributed by atoms with Gasteiger partial charge in [0.1, 0.15) is 5.39 Å². The minimum atomic E-state index is -0.495. The zero-order valence-electron chi connectivity index (χ0n) is 8.75. The van der Waals surface area contributed by atoms with E-state index < -0.39 is 11.1 Å². The molecular weight excluding hydrogens is 212 g/mol. The molecule has 2 heterocycles. The Labute approximate surface area is 89.2 Å². The summed E-state index contributed by atoms with van der Waals surface area (Å²) in [6, 6.07) is 0. The smallest absolute Gasteiger partial charge is 0.276 e. The fraction of sp³-hybridized carbons (Fsp3) is 0.222. The monoisotopic (exact) mass is 222 g/mol. The van der Waals surface area contributed by atoms with Crippen LogP contribution in [0.2, 0.25) is 0 Å². The molecule has 2 aromatic rings. The Hall–Kier alpha value is -2.31. The van der Waals surface area contributed by atoms with Gasteiger partial charge in [-0.1, -0.05) is 0 Å². The molecule has 0 aliphatic heterocycles. The van der Waals surface area contributed by atoms with E-state index in [4.69, 9.17) is 10.5 Å². The minimum absolute atomic E-state index is 0.0642. The first-order chi connectivity index (χ1) is 7.56. The predicted molar refractivity (Wildman–Crippen MR) is 58.7 cm³/mol. The average molecular weight is 222 g/mol. The number of hydrogen-bond donors (Lipinski definition) is 3. The summed E-state index contributed by atoms with van der Waals surface area (Å²) in [6.07, 6.45) is 0. The summed E-state index contributed by atoms with van der Waals surface area (Å²) >= 11 is 0. The number of ether oxygens (including phenoxy) is 1. The van der Waals surface area contributed by atoms with Crippen LogP contribution in [0.25, 0.3) is 10.8 Å². The van der Waals surface area contributed by atoms with Gasteiger partial charge in [-0.25, -0.2) is 4.98 Å². The Bertz CT molecular complexity index is 671. The molecule has 84 valence electrons. The van der Waals surface area contributed by atoms with Crippen molar-refractivity contribution >= 4 is 16.5 Å². The lowest BCUT2D eigenvalue weighted by Crippen LogP contribution is -2.21. The lowest BCUT2D eigenvalue weighted by atomic mass is 10.2. The van der Waals surface area contributed by atoms with E-state index >= 15 is 0 Å². The summed E-state index contributed by atoms with van der Waals surface area (Å²) in [5.74, 6) is 0.0917. The van der Waals surface area contributed by atoms with E-state index in [9.17, 15) is 9.59 Å². The number of H-pyrrole nitrogens is 2. The Morgan fingerprint density at radius 2 is 1.75 bits per heavy atom. The number of methoxy groups -OCH3 is 1. The molecule has 0 radical (unpaired) electrons. The maximum atomic E-state index is 11.6. The molecule has 0 aromatic carbocycles. The van der Waals surface area contributed by atoms with Crippen molar-refractivity contribution < 1.29 is 4.74 Å². The number of aromatic nitrogens is 3. The van der Waals surface area contributed by atoms with E-state index in [1.165, 1.54) is 7.11 Å². The highest BCUT2D eigenvalue weighted by Gasteiger charge is 2.15. The molecule has 0 spiro atoms. The lowest BCUT2D eigenvalue weighted by Gasteiger charge is -2.07. The largest absolute Gasteiger partial charge is 0.480 e. The highest BCUT2D eigenvalue weighted by molar-refractivity contribution is 5.95. The van der Waals surface area contributed by atoms with Crippen molar-refractivity contribution in [1.29, 1.82) is 0 Å². The molecule has 0 saturated heterocycles. The van der Waals surface area contributed by atoms with Crippen LogP contribution < -0.4 is 21.6 Å². The fourth-order valence-electron chi connectivity index (χ4n) is 1.52. The van der Waals surface area contributed by atoms with Crippen molar-refractivity contribution in [2.45, 2.75) is 6.92 Å². The third-order valence-corrected chi connectivity index (χ3v) is 2.33. The zero-order valence-corrected chi connectivity index (χ0v) is 8.75. The normalized spacial score (nSPS) is 10.6. The van der Waals surface area contributed by atoms with E-state index in [1.807, 2.05) is 0 Å². The molecule has 2 rings (SSSR count). The fourth-order valence-corrected chi connectivity index (χ4v) is 1.52. The first-order valence-corrected chi connectivity index (χ1v) is 4.51. The molecule has 0 atom stereocenters. The molecule has 0 aliphatic carbocycles. The summed E-state index contributed by atoms with van der Waals surface area (Å²) in [7, 11) is 1.37. The first-order valence-electron chi connectivity index (χ1n) is 4.51. The number of aromatic amines is 2. The summed E-state index contributed by atoms with van der Waals surface area (Å²) in [5.41, 5.74) is 5.38. The number of nitrogens with zero attached hydrogens (tertiary/aromatic N) is 1. The van der Waals surface area contributed by atoms with E-state index in [0.29, 0.717) is 5.69 Å². The van der Waals surface area contributed by atoms with Gasteiger partial charge in [0.2, 0.25) is 5.88 Å². The van der Waals surface area contributed by atoms with Crippen molar-refractivity contribution in [2.75, 3.05) is 12.8 Å². The second-order valence-electron chi connectivity index (χ2n) is 3.28. The van der Waals surface area contributed by atoms with Crippen LogP contribution in [0.3, 0.4) is 0 Å². The number of hydrogen-bond acceptors (Lipinski definition) is 5. The van der Waals surface area contributed by atoms with Crippen molar-refractivity contribution in [3.05, 3.63) is 26.4 Å². The van der Waals surface area contributed by atoms with Gasteiger partial charge in [0.05, 0.1) is 23.9 Å². The molecule has 0 fully saturated rings. The zero-order chi connectivity index (χ0) is 11.9. The molecule has 0 saturated carbocycles. The molecule has 2 aromatic heterocycles.